The fraction of sp³-hybridized carbons (Fsp3) is 0.200. The molecule has 0 spiro atoms. The average Bonchev–Trinajstić information content (AvgIpc) is 2.35. The van der Waals surface area contributed by atoms with Crippen molar-refractivity contribution in [2.45, 2.75) is 10.9 Å². The van der Waals surface area contributed by atoms with Crippen molar-refractivity contribution in [3.63, 3.8) is 0 Å². The summed E-state index contributed by atoms with van der Waals surface area (Å²) in [5.41, 5.74) is 0.167. The Morgan fingerprint density at radius 3 is 2.58 bits per heavy atom. The molecule has 19 heavy (non-hydrogen) atoms. The van der Waals surface area contributed by atoms with Crippen LogP contribution < -0.4 is 4.72 Å². The molecule has 0 heterocycles. The van der Waals surface area contributed by atoms with Crippen LogP contribution in [0.25, 0.3) is 0 Å². The van der Waals surface area contributed by atoms with Gasteiger partial charge < -0.3 is 10.2 Å². The number of halogens is 1. The van der Waals surface area contributed by atoms with Crippen LogP contribution in [-0.2, 0) is 14.8 Å². The molecule has 7 nitrogen and oxygen atoms in total. The van der Waals surface area contributed by atoms with Gasteiger partial charge in [-0.15, -0.1) is 0 Å². The van der Waals surface area contributed by atoms with E-state index in [1.54, 1.807) is 10.8 Å². The van der Waals surface area contributed by atoms with Crippen molar-refractivity contribution in [1.29, 1.82) is 5.26 Å². The molecule has 0 radical (unpaired) electrons. The number of hydrogen-bond donors (Lipinski definition) is 3. The minimum atomic E-state index is -4.20. The second-order valence-corrected chi connectivity index (χ2v) is 5.54. The minimum Gasteiger partial charge on any atom is -0.480 e. The molecule has 9 heteroatoms. The van der Waals surface area contributed by atoms with Gasteiger partial charge in [-0.3, -0.25) is 4.79 Å². The lowest BCUT2D eigenvalue weighted by Crippen LogP contribution is -2.43. The molecular weight excluding hydrogens is 296 g/mol. The molecule has 1 aromatic rings. The highest BCUT2D eigenvalue weighted by Gasteiger charge is 2.26. The van der Waals surface area contributed by atoms with Crippen molar-refractivity contribution in [1.82, 2.24) is 4.72 Å². The van der Waals surface area contributed by atoms with E-state index < -0.39 is 28.6 Å². The number of carboxylic acid groups (broad SMARTS) is 1. The zero-order chi connectivity index (χ0) is 14.6. The number of aliphatic hydroxyl groups is 1. The molecule has 0 aromatic heterocycles. The minimum absolute atomic E-state index is 0.167. The summed E-state index contributed by atoms with van der Waals surface area (Å²) >= 11 is 5.72. The van der Waals surface area contributed by atoms with Crippen LogP contribution >= 0.6 is 11.6 Å². The van der Waals surface area contributed by atoms with Crippen molar-refractivity contribution in [2.75, 3.05) is 6.61 Å². The second-order valence-electron chi connectivity index (χ2n) is 3.45. The van der Waals surface area contributed by atoms with Crippen molar-refractivity contribution >= 4 is 27.6 Å². The van der Waals surface area contributed by atoms with E-state index in [9.17, 15) is 13.2 Å². The molecule has 0 aliphatic heterocycles. The number of hydrogen-bond acceptors (Lipinski definition) is 5. The first-order valence-corrected chi connectivity index (χ1v) is 6.73. The van der Waals surface area contributed by atoms with E-state index in [2.05, 4.69) is 0 Å². The van der Waals surface area contributed by atoms with Crippen molar-refractivity contribution in [2.24, 2.45) is 0 Å². The Balaban J connectivity index is 3.14. The highest BCUT2D eigenvalue weighted by atomic mass is 35.5. The monoisotopic (exact) mass is 304 g/mol. The first-order valence-electron chi connectivity index (χ1n) is 4.87. The lowest BCUT2D eigenvalue weighted by atomic mass is 10.2. The molecule has 1 atom stereocenters. The van der Waals surface area contributed by atoms with Crippen LogP contribution in [0.15, 0.2) is 23.1 Å². The molecular formula is C10H9ClN2O5S. The van der Waals surface area contributed by atoms with Gasteiger partial charge in [-0.05, 0) is 18.2 Å². The lowest BCUT2D eigenvalue weighted by molar-refractivity contribution is -0.139. The van der Waals surface area contributed by atoms with Gasteiger partial charge >= 0.3 is 5.97 Å². The molecule has 0 aliphatic rings. The number of nitrogens with one attached hydrogen (secondary N) is 1. The van der Waals surface area contributed by atoms with Crippen LogP contribution in [0.1, 0.15) is 5.56 Å². The summed E-state index contributed by atoms with van der Waals surface area (Å²) in [5.74, 6) is -1.52. The largest absolute Gasteiger partial charge is 0.480 e. The van der Waals surface area contributed by atoms with Crippen LogP contribution in [0.2, 0.25) is 5.02 Å². The van der Waals surface area contributed by atoms with E-state index in [1.165, 1.54) is 6.07 Å². The molecule has 0 amide bonds. The van der Waals surface area contributed by atoms with Gasteiger partial charge in [0.25, 0.3) is 0 Å². The quantitative estimate of drug-likeness (QED) is 0.699. The molecule has 1 rings (SSSR count). The smallest absolute Gasteiger partial charge is 0.324 e. The number of benzene rings is 1. The van der Waals surface area contributed by atoms with E-state index in [0.29, 0.717) is 0 Å². The Hall–Kier alpha value is -1.66. The average molecular weight is 305 g/mol. The number of carbonyl (C=O) groups is 1. The summed E-state index contributed by atoms with van der Waals surface area (Å²) in [4.78, 5) is 10.3. The summed E-state index contributed by atoms with van der Waals surface area (Å²) in [7, 11) is -4.20. The fourth-order valence-corrected chi connectivity index (χ4v) is 2.93. The first kappa shape index (κ1) is 15.4. The van der Waals surface area contributed by atoms with Gasteiger partial charge in [0.15, 0.2) is 0 Å². The van der Waals surface area contributed by atoms with Crippen LogP contribution in [0.4, 0.5) is 0 Å². The number of aliphatic carboxylic acids is 1. The normalized spacial score (nSPS) is 12.7. The Bertz CT molecular complexity index is 638. The predicted octanol–water partition coefficient (Wildman–Crippen LogP) is -0.0645. The molecule has 0 saturated carbocycles. The molecule has 0 fully saturated rings. The maximum atomic E-state index is 11.9. The van der Waals surface area contributed by atoms with Crippen LogP contribution in [0.5, 0.6) is 0 Å². The summed E-state index contributed by atoms with van der Waals surface area (Å²) in [6.07, 6.45) is 0. The van der Waals surface area contributed by atoms with Gasteiger partial charge in [0, 0.05) is 0 Å². The number of sulfonamides is 1. The number of nitrogens with zero attached hydrogens (tertiary/aromatic N) is 1. The third-order valence-electron chi connectivity index (χ3n) is 2.13. The predicted molar refractivity (Wildman–Crippen MR) is 65.0 cm³/mol. The second kappa shape index (κ2) is 5.99. The summed E-state index contributed by atoms with van der Waals surface area (Å²) in [6.45, 7) is -0.900. The van der Waals surface area contributed by atoms with Gasteiger partial charge in [-0.2, -0.15) is 9.98 Å². The molecule has 3 N–H and O–H groups in total. The van der Waals surface area contributed by atoms with Gasteiger partial charge in [0.1, 0.15) is 10.9 Å². The molecule has 0 bridgehead atoms. The highest BCUT2D eigenvalue weighted by molar-refractivity contribution is 7.89. The molecule has 0 aliphatic carbocycles. The zero-order valence-electron chi connectivity index (χ0n) is 9.37. The molecule has 0 unspecified atom stereocenters. The first-order chi connectivity index (χ1) is 8.81. The Morgan fingerprint density at radius 2 is 2.16 bits per heavy atom. The number of nitriles is 1. The SMILES string of the molecule is N#Cc1ccc(S(=O)(=O)N[C@@H](CO)C(=O)O)c(Cl)c1. The van der Waals surface area contributed by atoms with Crippen molar-refractivity contribution in [3.05, 3.63) is 28.8 Å². The van der Waals surface area contributed by atoms with Gasteiger partial charge in [0.05, 0.1) is 23.3 Å². The zero-order valence-corrected chi connectivity index (χ0v) is 10.9. The Morgan fingerprint density at radius 1 is 1.53 bits per heavy atom. The van der Waals surface area contributed by atoms with Crippen LogP contribution in [0, 0.1) is 11.3 Å². The van der Waals surface area contributed by atoms with E-state index in [4.69, 9.17) is 27.1 Å². The fourth-order valence-electron chi connectivity index (χ4n) is 1.20. The van der Waals surface area contributed by atoms with E-state index >= 15 is 0 Å². The number of carboxylic acids is 1. The Kier molecular flexibility index (Phi) is 4.85. The van der Waals surface area contributed by atoms with Crippen molar-refractivity contribution < 1.29 is 23.4 Å². The van der Waals surface area contributed by atoms with E-state index in [0.717, 1.165) is 12.1 Å². The third kappa shape index (κ3) is 3.65. The maximum absolute atomic E-state index is 11.9. The summed E-state index contributed by atoms with van der Waals surface area (Å²) in [5, 5.41) is 25.9. The van der Waals surface area contributed by atoms with Gasteiger partial charge in [-0.1, -0.05) is 11.6 Å². The molecule has 0 saturated heterocycles. The number of aliphatic hydroxyl groups excluding tert-OH is 1. The standard InChI is InChI=1S/C10H9ClN2O5S/c11-7-3-6(4-12)1-2-9(7)19(17,18)13-8(5-14)10(15)16/h1-3,8,13-14H,5H2,(H,15,16)/t8-/m0/s1. The maximum Gasteiger partial charge on any atom is 0.324 e. The Labute approximate surface area is 114 Å². The summed E-state index contributed by atoms with van der Waals surface area (Å²) < 4.78 is 25.5. The highest BCUT2D eigenvalue weighted by Crippen LogP contribution is 2.22. The molecule has 102 valence electrons. The van der Waals surface area contributed by atoms with Crippen LogP contribution in [-0.4, -0.2) is 37.2 Å². The van der Waals surface area contributed by atoms with Crippen molar-refractivity contribution in [3.8, 4) is 6.07 Å². The van der Waals surface area contributed by atoms with E-state index in [1.807, 2.05) is 0 Å². The molecule has 1 aromatic carbocycles. The van der Waals surface area contributed by atoms with E-state index in [-0.39, 0.29) is 15.5 Å². The third-order valence-corrected chi connectivity index (χ3v) is 4.08. The lowest BCUT2D eigenvalue weighted by Gasteiger charge is -2.13. The topological polar surface area (TPSA) is 127 Å². The summed E-state index contributed by atoms with van der Waals surface area (Å²) in [6, 6.07) is 3.57. The van der Waals surface area contributed by atoms with Gasteiger partial charge in [-0.25, -0.2) is 8.42 Å². The number of rotatable bonds is 5. The van der Waals surface area contributed by atoms with Gasteiger partial charge in [0.2, 0.25) is 10.0 Å². The van der Waals surface area contributed by atoms with Crippen LogP contribution in [0.3, 0.4) is 0 Å².